The minimum Gasteiger partial charge on any atom is -0.415 e. The SMILES string of the molecule is CC(C)N1CCN(c2cc(N(C)C)c(N(C=O)Cc3ccc(-c4nnc(C(F)F)o4)cn3)cc2F)CC1. The maximum atomic E-state index is 15.4. The Hall–Kier alpha value is -3.67. The second kappa shape index (κ2) is 11.2. The normalized spacial score (nSPS) is 14.5. The first-order chi connectivity index (χ1) is 17.7. The molecule has 37 heavy (non-hydrogen) atoms. The Labute approximate surface area is 213 Å². The third kappa shape index (κ3) is 5.85. The molecule has 2 aromatic heterocycles. The van der Waals surface area contributed by atoms with Gasteiger partial charge in [-0.2, -0.15) is 8.78 Å². The zero-order valence-corrected chi connectivity index (χ0v) is 21.2. The first-order valence-corrected chi connectivity index (χ1v) is 12.0. The molecule has 1 amide bonds. The van der Waals surface area contributed by atoms with Crippen molar-refractivity contribution in [2.24, 2.45) is 0 Å². The molecule has 1 aliphatic rings. The van der Waals surface area contributed by atoms with Gasteiger partial charge in [0.15, 0.2) is 0 Å². The molecule has 0 saturated carbocycles. The minimum absolute atomic E-state index is 0.0720. The van der Waals surface area contributed by atoms with Crippen LogP contribution in [0, 0.1) is 5.82 Å². The smallest absolute Gasteiger partial charge is 0.314 e. The van der Waals surface area contributed by atoms with Crippen LogP contribution in [0.2, 0.25) is 0 Å². The van der Waals surface area contributed by atoms with Crippen molar-refractivity contribution in [1.82, 2.24) is 20.1 Å². The molecular weight excluding hydrogens is 487 g/mol. The summed E-state index contributed by atoms with van der Waals surface area (Å²) in [5, 5.41) is 6.91. The van der Waals surface area contributed by atoms with Crippen molar-refractivity contribution in [3.05, 3.63) is 47.9 Å². The standard InChI is InChI=1S/C25H30F3N7O2/c1-16(2)33-7-9-34(10-8-33)20-12-21(32(3)4)22(11-19(20)26)35(15-36)14-18-6-5-17(13-29-18)24-30-31-25(37-24)23(27)28/h5-6,11-13,15-16,23H,7-10,14H2,1-4H3. The topological polar surface area (TPSA) is 81.8 Å². The van der Waals surface area contributed by atoms with E-state index in [2.05, 4.69) is 33.9 Å². The predicted octanol–water partition coefficient (Wildman–Crippen LogP) is 3.97. The Balaban J connectivity index is 1.54. The molecule has 1 aromatic carbocycles. The number of hydrogen-bond donors (Lipinski definition) is 0. The average molecular weight is 518 g/mol. The molecule has 12 heteroatoms. The fourth-order valence-electron chi connectivity index (χ4n) is 4.29. The fraction of sp³-hybridized carbons (Fsp3) is 0.440. The zero-order valence-electron chi connectivity index (χ0n) is 21.2. The van der Waals surface area contributed by atoms with Gasteiger partial charge in [-0.1, -0.05) is 0 Å². The summed E-state index contributed by atoms with van der Waals surface area (Å²) in [6.45, 7) is 7.51. The molecule has 0 spiro atoms. The molecule has 0 N–H and O–H groups in total. The van der Waals surface area contributed by atoms with Crippen molar-refractivity contribution < 1.29 is 22.4 Å². The third-order valence-electron chi connectivity index (χ3n) is 6.38. The number of hydrogen-bond acceptors (Lipinski definition) is 8. The van der Waals surface area contributed by atoms with E-state index in [1.165, 1.54) is 17.2 Å². The highest BCUT2D eigenvalue weighted by atomic mass is 19.3. The van der Waals surface area contributed by atoms with Gasteiger partial charge in [0.05, 0.1) is 34.9 Å². The quantitative estimate of drug-likeness (QED) is 0.395. The molecular formula is C25H30F3N7O2. The molecule has 0 aliphatic carbocycles. The van der Waals surface area contributed by atoms with Gasteiger partial charge in [0.2, 0.25) is 12.3 Å². The van der Waals surface area contributed by atoms with Gasteiger partial charge in [-0.15, -0.1) is 10.2 Å². The van der Waals surface area contributed by atoms with Crippen LogP contribution in [-0.2, 0) is 11.3 Å². The van der Waals surface area contributed by atoms with E-state index in [1.54, 1.807) is 18.2 Å². The molecule has 3 aromatic rings. The molecule has 3 heterocycles. The van der Waals surface area contributed by atoms with Gasteiger partial charge in [0.1, 0.15) is 5.82 Å². The van der Waals surface area contributed by atoms with Crippen molar-refractivity contribution in [2.45, 2.75) is 32.9 Å². The summed E-state index contributed by atoms with van der Waals surface area (Å²) in [5.41, 5.74) is 2.47. The monoisotopic (exact) mass is 517 g/mol. The van der Waals surface area contributed by atoms with Crippen LogP contribution in [0.25, 0.3) is 11.5 Å². The number of nitrogens with zero attached hydrogens (tertiary/aromatic N) is 7. The summed E-state index contributed by atoms with van der Waals surface area (Å²) >= 11 is 0. The van der Waals surface area contributed by atoms with Crippen molar-refractivity contribution in [2.75, 3.05) is 55.0 Å². The molecule has 0 radical (unpaired) electrons. The maximum absolute atomic E-state index is 15.4. The molecule has 1 fully saturated rings. The Morgan fingerprint density at radius 1 is 1.08 bits per heavy atom. The fourth-order valence-corrected chi connectivity index (χ4v) is 4.29. The summed E-state index contributed by atoms with van der Waals surface area (Å²) in [6.07, 6.45) is -0.836. The van der Waals surface area contributed by atoms with E-state index in [1.807, 2.05) is 23.9 Å². The number of rotatable bonds is 9. The number of aromatic nitrogens is 3. The lowest BCUT2D eigenvalue weighted by Gasteiger charge is -2.38. The molecule has 0 atom stereocenters. The molecule has 4 rings (SSSR count). The van der Waals surface area contributed by atoms with Crippen molar-refractivity contribution >= 4 is 23.5 Å². The lowest BCUT2D eigenvalue weighted by atomic mass is 10.1. The van der Waals surface area contributed by atoms with Crippen LogP contribution < -0.4 is 14.7 Å². The highest BCUT2D eigenvalue weighted by Crippen LogP contribution is 2.36. The number of halogens is 3. The summed E-state index contributed by atoms with van der Waals surface area (Å²) in [6, 6.07) is 6.80. The van der Waals surface area contributed by atoms with Crippen LogP contribution in [0.15, 0.2) is 34.9 Å². The van der Waals surface area contributed by atoms with Gasteiger partial charge >= 0.3 is 6.43 Å². The lowest BCUT2D eigenvalue weighted by molar-refractivity contribution is -0.107. The average Bonchev–Trinajstić information content (AvgIpc) is 3.38. The molecule has 9 nitrogen and oxygen atoms in total. The predicted molar refractivity (Wildman–Crippen MR) is 134 cm³/mol. The number of alkyl halides is 2. The van der Waals surface area contributed by atoms with Crippen LogP contribution >= 0.6 is 0 Å². The van der Waals surface area contributed by atoms with Crippen LogP contribution in [-0.4, -0.2) is 72.8 Å². The zero-order chi connectivity index (χ0) is 26.7. The lowest BCUT2D eigenvalue weighted by Crippen LogP contribution is -2.49. The summed E-state index contributed by atoms with van der Waals surface area (Å²) in [5.74, 6) is -1.25. The summed E-state index contributed by atoms with van der Waals surface area (Å²) in [4.78, 5) is 24.0. The van der Waals surface area contributed by atoms with E-state index >= 15 is 4.39 Å². The molecule has 0 unspecified atom stereocenters. The number of piperazine rings is 1. The van der Waals surface area contributed by atoms with Gasteiger partial charge < -0.3 is 19.1 Å². The second-order valence-corrected chi connectivity index (χ2v) is 9.32. The number of carbonyl (C=O) groups excluding carboxylic acids is 1. The van der Waals surface area contributed by atoms with Gasteiger partial charge in [0.25, 0.3) is 5.89 Å². The van der Waals surface area contributed by atoms with Gasteiger partial charge in [-0.05, 0) is 32.0 Å². The van der Waals surface area contributed by atoms with Crippen molar-refractivity contribution in [1.29, 1.82) is 0 Å². The molecule has 198 valence electrons. The maximum Gasteiger partial charge on any atom is 0.314 e. The van der Waals surface area contributed by atoms with E-state index in [0.29, 0.717) is 53.9 Å². The van der Waals surface area contributed by atoms with E-state index in [-0.39, 0.29) is 12.4 Å². The van der Waals surface area contributed by atoms with Crippen LogP contribution in [0.4, 0.5) is 30.2 Å². The first-order valence-electron chi connectivity index (χ1n) is 12.0. The van der Waals surface area contributed by atoms with Gasteiger partial charge in [-0.25, -0.2) is 4.39 Å². The Morgan fingerprint density at radius 2 is 1.81 bits per heavy atom. The van der Waals surface area contributed by atoms with Crippen LogP contribution in [0.3, 0.4) is 0 Å². The van der Waals surface area contributed by atoms with Crippen LogP contribution in [0.5, 0.6) is 0 Å². The Kier molecular flexibility index (Phi) is 7.96. The summed E-state index contributed by atoms with van der Waals surface area (Å²) < 4.78 is 45.7. The number of amides is 1. The van der Waals surface area contributed by atoms with E-state index in [9.17, 15) is 13.6 Å². The highest BCUT2D eigenvalue weighted by Gasteiger charge is 2.24. The number of benzene rings is 1. The first kappa shape index (κ1) is 26.4. The molecule has 0 bridgehead atoms. The number of pyridine rings is 1. The minimum atomic E-state index is -2.86. The highest BCUT2D eigenvalue weighted by molar-refractivity contribution is 5.86. The van der Waals surface area contributed by atoms with Crippen LogP contribution in [0.1, 0.15) is 31.9 Å². The second-order valence-electron chi connectivity index (χ2n) is 9.32. The molecule has 1 saturated heterocycles. The van der Waals surface area contributed by atoms with Gasteiger partial charge in [0, 0.05) is 58.6 Å². The summed E-state index contributed by atoms with van der Waals surface area (Å²) in [7, 11) is 3.68. The van der Waals surface area contributed by atoms with Crippen molar-refractivity contribution in [3.8, 4) is 11.5 Å². The van der Waals surface area contributed by atoms with E-state index < -0.39 is 18.1 Å². The molecule has 1 aliphatic heterocycles. The number of carbonyl (C=O) groups is 1. The Morgan fingerprint density at radius 3 is 2.35 bits per heavy atom. The van der Waals surface area contributed by atoms with Gasteiger partial charge in [-0.3, -0.25) is 14.7 Å². The van der Waals surface area contributed by atoms with E-state index in [0.717, 1.165) is 13.1 Å². The van der Waals surface area contributed by atoms with Crippen molar-refractivity contribution in [3.63, 3.8) is 0 Å². The largest absolute Gasteiger partial charge is 0.415 e. The number of anilines is 3. The van der Waals surface area contributed by atoms with E-state index in [4.69, 9.17) is 4.42 Å². The third-order valence-corrected chi connectivity index (χ3v) is 6.38. The Bertz CT molecular complexity index is 1210.